The fraction of sp³-hybridized carbons (Fsp3) is 0.458. The summed E-state index contributed by atoms with van der Waals surface area (Å²) < 4.78 is 7.04. The molecule has 3 rings (SSSR count). The predicted molar refractivity (Wildman–Crippen MR) is 126 cm³/mol. The molecule has 0 radical (unpaired) electrons. The summed E-state index contributed by atoms with van der Waals surface area (Å²) in [5.41, 5.74) is 2.45. The third kappa shape index (κ3) is 5.05. The van der Waals surface area contributed by atoms with Gasteiger partial charge in [0.05, 0.1) is 30.1 Å². The van der Waals surface area contributed by atoms with Crippen LogP contribution >= 0.6 is 11.3 Å². The van der Waals surface area contributed by atoms with Crippen LogP contribution in [-0.4, -0.2) is 39.6 Å². The van der Waals surface area contributed by atoms with E-state index in [0.29, 0.717) is 24.0 Å². The highest BCUT2D eigenvalue weighted by Gasteiger charge is 2.18. The van der Waals surface area contributed by atoms with Crippen molar-refractivity contribution in [1.82, 2.24) is 14.5 Å². The van der Waals surface area contributed by atoms with E-state index in [1.807, 2.05) is 39.8 Å². The Bertz CT molecular complexity index is 1130. The van der Waals surface area contributed by atoms with Gasteiger partial charge in [-0.15, -0.1) is 11.3 Å². The summed E-state index contributed by atoms with van der Waals surface area (Å²) in [7, 11) is 0. The molecule has 6 nitrogen and oxygen atoms in total. The minimum absolute atomic E-state index is 0.00250. The number of rotatable bonds is 8. The molecule has 0 N–H and O–H groups in total. The second-order valence-corrected chi connectivity index (χ2v) is 9.20. The van der Waals surface area contributed by atoms with Crippen molar-refractivity contribution < 1.29 is 9.53 Å². The van der Waals surface area contributed by atoms with E-state index in [0.717, 1.165) is 39.7 Å². The van der Waals surface area contributed by atoms with Crippen molar-refractivity contribution in [2.45, 2.75) is 60.7 Å². The summed E-state index contributed by atoms with van der Waals surface area (Å²) in [6, 6.07) is 7.25. The average molecular weight is 442 g/mol. The fourth-order valence-corrected chi connectivity index (χ4v) is 4.55. The van der Waals surface area contributed by atoms with Crippen LogP contribution in [0.5, 0.6) is 0 Å². The number of esters is 1. The number of fused-ring (bicyclic) bond motifs is 1. The van der Waals surface area contributed by atoms with E-state index < -0.39 is 0 Å². The largest absolute Gasteiger partial charge is 0.459 e. The van der Waals surface area contributed by atoms with Crippen molar-refractivity contribution in [2.75, 3.05) is 13.1 Å². The van der Waals surface area contributed by atoms with Crippen LogP contribution in [0.15, 0.2) is 29.1 Å². The Morgan fingerprint density at radius 3 is 2.39 bits per heavy atom. The van der Waals surface area contributed by atoms with Gasteiger partial charge in [0.15, 0.2) is 0 Å². The van der Waals surface area contributed by atoms with Gasteiger partial charge in [-0.2, -0.15) is 0 Å². The Balaban J connectivity index is 2.01. The van der Waals surface area contributed by atoms with Gasteiger partial charge in [0, 0.05) is 4.88 Å². The van der Waals surface area contributed by atoms with E-state index in [-0.39, 0.29) is 17.6 Å². The zero-order valence-corrected chi connectivity index (χ0v) is 20.0. The molecule has 0 aliphatic rings. The monoisotopic (exact) mass is 441 g/mol. The summed E-state index contributed by atoms with van der Waals surface area (Å²) in [5.74, 6) is 0.430. The number of ether oxygens (including phenoxy) is 1. The normalized spacial score (nSPS) is 11.6. The maximum Gasteiger partial charge on any atom is 0.338 e. The first kappa shape index (κ1) is 23.2. The molecule has 2 heterocycles. The number of carbonyl (C=O) groups is 1. The van der Waals surface area contributed by atoms with E-state index >= 15 is 0 Å². The van der Waals surface area contributed by atoms with Gasteiger partial charge in [-0.25, -0.2) is 9.78 Å². The average Bonchev–Trinajstić information content (AvgIpc) is 3.02. The Hall–Kier alpha value is -2.51. The van der Waals surface area contributed by atoms with Crippen LogP contribution in [0.25, 0.3) is 10.2 Å². The van der Waals surface area contributed by atoms with Gasteiger partial charge in [-0.1, -0.05) is 26.0 Å². The molecule has 31 heavy (non-hydrogen) atoms. The lowest BCUT2D eigenvalue weighted by Gasteiger charge is -2.20. The van der Waals surface area contributed by atoms with Gasteiger partial charge in [-0.3, -0.25) is 14.3 Å². The molecule has 1 aromatic carbocycles. The first-order chi connectivity index (χ1) is 14.7. The molecule has 0 spiro atoms. The molecule has 0 fully saturated rings. The topological polar surface area (TPSA) is 64.4 Å². The van der Waals surface area contributed by atoms with E-state index in [9.17, 15) is 9.59 Å². The van der Waals surface area contributed by atoms with Gasteiger partial charge in [0.2, 0.25) is 0 Å². The van der Waals surface area contributed by atoms with Gasteiger partial charge in [-0.05, 0) is 64.0 Å². The highest BCUT2D eigenvalue weighted by atomic mass is 32.1. The standard InChI is InChI=1S/C24H31N3O3S/c1-7-26(8-2)14-20-25-22-21(16(5)17(6)31-22)23(28)27(20)13-18-9-11-19(12-10-18)24(29)30-15(3)4/h9-12,15H,7-8,13-14H2,1-6H3. The van der Waals surface area contributed by atoms with E-state index in [1.54, 1.807) is 28.0 Å². The number of aromatic nitrogens is 2. The van der Waals surface area contributed by atoms with Crippen LogP contribution < -0.4 is 5.56 Å². The summed E-state index contributed by atoms with van der Waals surface area (Å²) in [5, 5.41) is 0.711. The maximum absolute atomic E-state index is 13.5. The van der Waals surface area contributed by atoms with Crippen molar-refractivity contribution in [3.05, 3.63) is 62.0 Å². The lowest BCUT2D eigenvalue weighted by Crippen LogP contribution is -2.31. The maximum atomic E-state index is 13.5. The predicted octanol–water partition coefficient (Wildman–Crippen LogP) is 4.53. The fourth-order valence-electron chi connectivity index (χ4n) is 3.51. The minimum atomic E-state index is -0.339. The second kappa shape index (κ2) is 9.75. The molecule has 0 aliphatic heterocycles. The Morgan fingerprint density at radius 1 is 1.16 bits per heavy atom. The van der Waals surface area contributed by atoms with Crippen LogP contribution in [0.1, 0.15) is 59.9 Å². The first-order valence-electron chi connectivity index (χ1n) is 10.8. The van der Waals surface area contributed by atoms with Crippen molar-refractivity contribution in [1.29, 1.82) is 0 Å². The molecule has 0 atom stereocenters. The summed E-state index contributed by atoms with van der Waals surface area (Å²) >= 11 is 1.58. The Kier molecular flexibility index (Phi) is 7.28. The zero-order chi connectivity index (χ0) is 22.7. The molecule has 166 valence electrons. The van der Waals surface area contributed by atoms with Crippen LogP contribution in [0.3, 0.4) is 0 Å². The molecule has 2 aromatic heterocycles. The smallest absolute Gasteiger partial charge is 0.338 e. The minimum Gasteiger partial charge on any atom is -0.459 e. The van der Waals surface area contributed by atoms with Gasteiger partial charge in [0.1, 0.15) is 10.7 Å². The van der Waals surface area contributed by atoms with Crippen LogP contribution in [0.4, 0.5) is 0 Å². The third-order valence-corrected chi connectivity index (χ3v) is 6.60. The SMILES string of the molecule is CCN(CC)Cc1nc2sc(C)c(C)c2c(=O)n1Cc1ccc(C(=O)OC(C)C)cc1. The van der Waals surface area contributed by atoms with Crippen LogP contribution in [0.2, 0.25) is 0 Å². The van der Waals surface area contributed by atoms with Crippen molar-refractivity contribution >= 4 is 27.5 Å². The number of hydrogen-bond acceptors (Lipinski definition) is 6. The van der Waals surface area contributed by atoms with Gasteiger partial charge < -0.3 is 4.74 Å². The van der Waals surface area contributed by atoms with E-state index in [1.165, 1.54) is 0 Å². The molecule has 3 aromatic rings. The molecular formula is C24H31N3O3S. The summed E-state index contributed by atoms with van der Waals surface area (Å²) in [6.45, 7) is 14.7. The van der Waals surface area contributed by atoms with E-state index in [4.69, 9.17) is 9.72 Å². The number of benzene rings is 1. The second-order valence-electron chi connectivity index (χ2n) is 8.00. The molecular weight excluding hydrogens is 410 g/mol. The highest BCUT2D eigenvalue weighted by Crippen LogP contribution is 2.26. The molecule has 0 saturated carbocycles. The lowest BCUT2D eigenvalue weighted by atomic mass is 10.1. The van der Waals surface area contributed by atoms with Crippen molar-refractivity contribution in [3.63, 3.8) is 0 Å². The van der Waals surface area contributed by atoms with Gasteiger partial charge in [0.25, 0.3) is 5.56 Å². The van der Waals surface area contributed by atoms with Gasteiger partial charge >= 0.3 is 5.97 Å². The first-order valence-corrected chi connectivity index (χ1v) is 11.6. The molecule has 0 unspecified atom stereocenters. The number of nitrogens with zero attached hydrogens (tertiary/aromatic N) is 3. The summed E-state index contributed by atoms with van der Waals surface area (Å²) in [4.78, 5) is 34.7. The molecule has 7 heteroatoms. The molecule has 0 amide bonds. The van der Waals surface area contributed by atoms with Crippen molar-refractivity contribution in [2.24, 2.45) is 0 Å². The molecule has 0 saturated heterocycles. The number of thiophene rings is 1. The summed E-state index contributed by atoms with van der Waals surface area (Å²) in [6.07, 6.45) is -0.163. The number of carbonyl (C=O) groups excluding carboxylic acids is 1. The lowest BCUT2D eigenvalue weighted by molar-refractivity contribution is 0.0378. The van der Waals surface area contributed by atoms with E-state index in [2.05, 4.69) is 18.7 Å². The zero-order valence-electron chi connectivity index (χ0n) is 19.2. The molecule has 0 aliphatic carbocycles. The van der Waals surface area contributed by atoms with Crippen LogP contribution in [0, 0.1) is 13.8 Å². The Labute approximate surface area is 187 Å². The Morgan fingerprint density at radius 2 is 1.81 bits per heavy atom. The molecule has 0 bridgehead atoms. The van der Waals surface area contributed by atoms with Crippen LogP contribution in [-0.2, 0) is 17.8 Å². The third-order valence-electron chi connectivity index (χ3n) is 5.50. The number of aryl methyl sites for hydroxylation is 2. The van der Waals surface area contributed by atoms with Crippen molar-refractivity contribution in [3.8, 4) is 0 Å². The highest BCUT2D eigenvalue weighted by molar-refractivity contribution is 7.18. The quantitative estimate of drug-likeness (QED) is 0.481. The number of hydrogen-bond donors (Lipinski definition) is 0.